The normalized spacial score (nSPS) is 14.3. The highest BCUT2D eigenvalue weighted by Gasteiger charge is 2.18. The molecule has 3 N–H and O–H groups in total. The average Bonchev–Trinajstić information content (AvgIpc) is 2.77. The number of nitrogens with zero attached hydrogens (tertiary/aromatic N) is 3. The van der Waals surface area contributed by atoms with Crippen LogP contribution >= 0.6 is 24.0 Å². The molecule has 3 rings (SSSR count). The smallest absolute Gasteiger partial charge is 0.191 e. The molecule has 0 atom stereocenters. The fourth-order valence-corrected chi connectivity index (χ4v) is 3.20. The summed E-state index contributed by atoms with van der Waals surface area (Å²) in [5.41, 5.74) is 8.15. The molecule has 2 aromatic rings. The van der Waals surface area contributed by atoms with Crippen LogP contribution in [0.3, 0.4) is 0 Å². The molecule has 164 valence electrons. The van der Waals surface area contributed by atoms with Crippen LogP contribution in [0.1, 0.15) is 5.56 Å². The van der Waals surface area contributed by atoms with Gasteiger partial charge in [0.15, 0.2) is 17.5 Å². The molecule has 0 unspecified atom stereocenters. The largest absolute Gasteiger partial charge is 0.493 e. The standard InChI is InChI=1S/C21H27FN4O3.HI/c1-28-20-14-16(2-7-19(20)29-13-12-27)15-24-21(23)26-10-8-25(9-11-26)18-5-3-17(22)4-6-18;/h2-7,14,27H,8-13,15H2,1H3,(H2,23,24);1H. The summed E-state index contributed by atoms with van der Waals surface area (Å²) >= 11 is 0. The summed E-state index contributed by atoms with van der Waals surface area (Å²) in [6.07, 6.45) is 0. The van der Waals surface area contributed by atoms with Crippen LogP contribution in [-0.2, 0) is 6.54 Å². The second kappa shape index (κ2) is 11.8. The predicted molar refractivity (Wildman–Crippen MR) is 127 cm³/mol. The van der Waals surface area contributed by atoms with E-state index in [0.717, 1.165) is 37.4 Å². The van der Waals surface area contributed by atoms with Gasteiger partial charge >= 0.3 is 0 Å². The van der Waals surface area contributed by atoms with E-state index in [1.807, 2.05) is 12.1 Å². The van der Waals surface area contributed by atoms with Crippen LogP contribution in [0.15, 0.2) is 47.5 Å². The molecule has 0 amide bonds. The maximum absolute atomic E-state index is 13.1. The van der Waals surface area contributed by atoms with E-state index < -0.39 is 0 Å². The van der Waals surface area contributed by atoms with Crippen molar-refractivity contribution in [1.29, 1.82) is 0 Å². The number of nitrogens with two attached hydrogens (primary N) is 1. The van der Waals surface area contributed by atoms with Gasteiger partial charge in [-0.25, -0.2) is 9.38 Å². The Morgan fingerprint density at radius 1 is 1.10 bits per heavy atom. The van der Waals surface area contributed by atoms with Crippen LogP contribution in [0, 0.1) is 5.82 Å². The third-order valence-electron chi connectivity index (χ3n) is 4.80. The Balaban J connectivity index is 0.00000320. The lowest BCUT2D eigenvalue weighted by Crippen LogP contribution is -2.51. The highest BCUT2D eigenvalue weighted by atomic mass is 127. The first-order valence-corrected chi connectivity index (χ1v) is 9.56. The second-order valence-electron chi connectivity index (χ2n) is 6.68. The number of halogens is 2. The van der Waals surface area contributed by atoms with E-state index >= 15 is 0 Å². The molecule has 1 saturated heterocycles. The SMILES string of the molecule is COc1cc(CN=C(N)N2CCN(c3ccc(F)cc3)CC2)ccc1OCCO.I. The van der Waals surface area contributed by atoms with Crippen molar-refractivity contribution in [1.82, 2.24) is 4.90 Å². The summed E-state index contributed by atoms with van der Waals surface area (Å²) in [6, 6.07) is 12.1. The number of guanidine groups is 1. The molecule has 30 heavy (non-hydrogen) atoms. The van der Waals surface area contributed by atoms with Gasteiger partial charge in [0.05, 0.1) is 20.3 Å². The predicted octanol–water partition coefficient (Wildman–Crippen LogP) is 2.46. The van der Waals surface area contributed by atoms with Gasteiger partial charge in [-0.15, -0.1) is 24.0 Å². The Bertz CT molecular complexity index is 828. The molecule has 0 radical (unpaired) electrons. The van der Waals surface area contributed by atoms with Crippen LogP contribution in [0.4, 0.5) is 10.1 Å². The van der Waals surface area contributed by atoms with Gasteiger partial charge in [-0.05, 0) is 42.0 Å². The number of anilines is 1. The number of aliphatic imine (C=N–C) groups is 1. The van der Waals surface area contributed by atoms with Crippen molar-refractivity contribution in [2.75, 3.05) is 51.4 Å². The molecule has 0 aliphatic carbocycles. The summed E-state index contributed by atoms with van der Waals surface area (Å²) in [5.74, 6) is 1.45. The van der Waals surface area contributed by atoms with E-state index in [9.17, 15) is 4.39 Å². The Labute approximate surface area is 193 Å². The number of benzene rings is 2. The van der Waals surface area contributed by atoms with E-state index in [-0.39, 0.29) is 43.0 Å². The van der Waals surface area contributed by atoms with E-state index in [2.05, 4.69) is 14.8 Å². The molecular formula is C21H28FIN4O3. The van der Waals surface area contributed by atoms with Crippen LogP contribution in [0.2, 0.25) is 0 Å². The Morgan fingerprint density at radius 2 is 1.80 bits per heavy atom. The molecular weight excluding hydrogens is 502 g/mol. The van der Waals surface area contributed by atoms with Gasteiger partial charge < -0.3 is 30.1 Å². The van der Waals surface area contributed by atoms with Crippen molar-refractivity contribution in [3.05, 3.63) is 53.8 Å². The van der Waals surface area contributed by atoms with Crippen LogP contribution in [0.25, 0.3) is 0 Å². The zero-order valence-corrected chi connectivity index (χ0v) is 19.3. The van der Waals surface area contributed by atoms with Gasteiger partial charge in [-0.3, -0.25) is 0 Å². The highest BCUT2D eigenvalue weighted by molar-refractivity contribution is 14.0. The number of rotatable bonds is 7. The monoisotopic (exact) mass is 530 g/mol. The first-order chi connectivity index (χ1) is 14.1. The number of aliphatic hydroxyl groups excluding tert-OH is 1. The zero-order valence-electron chi connectivity index (χ0n) is 17.0. The van der Waals surface area contributed by atoms with Crippen molar-refractivity contribution in [3.8, 4) is 11.5 Å². The van der Waals surface area contributed by atoms with E-state index in [4.69, 9.17) is 20.3 Å². The first-order valence-electron chi connectivity index (χ1n) is 9.56. The number of piperazine rings is 1. The minimum absolute atomic E-state index is 0. The molecule has 1 heterocycles. The number of hydrogen-bond donors (Lipinski definition) is 2. The lowest BCUT2D eigenvalue weighted by molar-refractivity contribution is 0.196. The molecule has 0 spiro atoms. The van der Waals surface area contributed by atoms with Gasteiger partial charge in [-0.1, -0.05) is 6.07 Å². The third kappa shape index (κ3) is 6.36. The minimum Gasteiger partial charge on any atom is -0.493 e. The molecule has 0 aromatic heterocycles. The van der Waals surface area contributed by atoms with Crippen molar-refractivity contribution in [2.24, 2.45) is 10.7 Å². The van der Waals surface area contributed by atoms with Gasteiger partial charge in [0.1, 0.15) is 12.4 Å². The Morgan fingerprint density at radius 3 is 2.43 bits per heavy atom. The summed E-state index contributed by atoms with van der Waals surface area (Å²) in [5, 5.41) is 8.89. The second-order valence-corrected chi connectivity index (χ2v) is 6.68. The minimum atomic E-state index is -0.228. The molecule has 7 nitrogen and oxygen atoms in total. The zero-order chi connectivity index (χ0) is 20.6. The highest BCUT2D eigenvalue weighted by Crippen LogP contribution is 2.28. The van der Waals surface area contributed by atoms with E-state index in [0.29, 0.717) is 24.0 Å². The number of hydrogen-bond acceptors (Lipinski definition) is 5. The van der Waals surface area contributed by atoms with E-state index in [1.54, 1.807) is 25.3 Å². The fraction of sp³-hybridized carbons (Fsp3) is 0.381. The van der Waals surface area contributed by atoms with Crippen LogP contribution < -0.4 is 20.1 Å². The van der Waals surface area contributed by atoms with Gasteiger partial charge in [-0.2, -0.15) is 0 Å². The molecule has 9 heteroatoms. The van der Waals surface area contributed by atoms with Crippen molar-refractivity contribution in [2.45, 2.75) is 6.54 Å². The summed E-state index contributed by atoms with van der Waals surface area (Å²) < 4.78 is 23.9. The topological polar surface area (TPSA) is 83.6 Å². The van der Waals surface area contributed by atoms with Gasteiger partial charge in [0.25, 0.3) is 0 Å². The molecule has 0 saturated carbocycles. The maximum Gasteiger partial charge on any atom is 0.191 e. The lowest BCUT2D eigenvalue weighted by Gasteiger charge is -2.36. The Kier molecular flexibility index (Phi) is 9.44. The molecule has 1 fully saturated rings. The number of ether oxygens (including phenoxy) is 2. The summed E-state index contributed by atoms with van der Waals surface area (Å²) in [6.45, 7) is 3.69. The summed E-state index contributed by atoms with van der Waals surface area (Å²) in [4.78, 5) is 8.77. The quantitative estimate of drug-likeness (QED) is 0.325. The number of aliphatic hydroxyl groups is 1. The molecule has 0 bridgehead atoms. The molecule has 2 aromatic carbocycles. The first kappa shape index (κ1) is 24.0. The third-order valence-corrected chi connectivity index (χ3v) is 4.80. The van der Waals surface area contributed by atoms with Crippen molar-refractivity contribution in [3.63, 3.8) is 0 Å². The Hall–Kier alpha value is -2.27. The van der Waals surface area contributed by atoms with Crippen LogP contribution in [-0.4, -0.2) is 62.5 Å². The summed E-state index contributed by atoms with van der Waals surface area (Å²) in [7, 11) is 1.57. The molecule has 1 aliphatic heterocycles. The van der Waals surface area contributed by atoms with Crippen LogP contribution in [0.5, 0.6) is 11.5 Å². The lowest BCUT2D eigenvalue weighted by atomic mass is 10.2. The molecule has 1 aliphatic rings. The average molecular weight is 530 g/mol. The van der Waals surface area contributed by atoms with Gasteiger partial charge in [0, 0.05) is 31.9 Å². The number of methoxy groups -OCH3 is 1. The van der Waals surface area contributed by atoms with Gasteiger partial charge in [0.2, 0.25) is 0 Å². The van der Waals surface area contributed by atoms with E-state index in [1.165, 1.54) is 12.1 Å². The van der Waals surface area contributed by atoms with Crippen molar-refractivity contribution >= 4 is 35.6 Å². The van der Waals surface area contributed by atoms with Crippen molar-refractivity contribution < 1.29 is 19.0 Å². The fourth-order valence-electron chi connectivity index (χ4n) is 3.20. The maximum atomic E-state index is 13.1.